The molecule has 0 fully saturated rings. The van der Waals surface area contributed by atoms with Gasteiger partial charge in [-0.05, 0) is 36.8 Å². The van der Waals surface area contributed by atoms with Crippen LogP contribution in [0.15, 0.2) is 30.3 Å². The van der Waals surface area contributed by atoms with Crippen molar-refractivity contribution in [1.29, 1.82) is 0 Å². The number of benzene rings is 1. The Kier molecular flexibility index (Phi) is 4.93. The minimum Gasteiger partial charge on any atom is -0.305 e. The number of hydrogen-bond donors (Lipinski definition) is 1. The van der Waals surface area contributed by atoms with Gasteiger partial charge in [-0.25, -0.2) is 0 Å². The monoisotopic (exact) mass is 319 g/mol. The van der Waals surface area contributed by atoms with Gasteiger partial charge in [0.15, 0.2) is 0 Å². The van der Waals surface area contributed by atoms with E-state index >= 15 is 0 Å². The quantitative estimate of drug-likeness (QED) is 0.777. The molecule has 0 aliphatic carbocycles. The van der Waals surface area contributed by atoms with Crippen molar-refractivity contribution in [2.45, 2.75) is 19.5 Å². The fourth-order valence-electron chi connectivity index (χ4n) is 1.66. The fourth-order valence-corrected chi connectivity index (χ4v) is 3.27. The molecule has 96 valence electrons. The van der Waals surface area contributed by atoms with Crippen molar-refractivity contribution in [3.05, 3.63) is 55.2 Å². The van der Waals surface area contributed by atoms with E-state index in [1.807, 2.05) is 24.3 Å². The predicted molar refractivity (Wildman–Crippen MR) is 81.0 cm³/mol. The highest BCUT2D eigenvalue weighted by atomic mass is 35.5. The van der Waals surface area contributed by atoms with E-state index in [1.54, 1.807) is 17.4 Å². The van der Waals surface area contributed by atoms with Gasteiger partial charge in [-0.15, -0.1) is 11.3 Å². The highest BCUT2D eigenvalue weighted by Gasteiger charge is 2.10. The van der Waals surface area contributed by atoms with Gasteiger partial charge in [0.05, 0.1) is 4.34 Å². The Morgan fingerprint density at radius 2 is 1.94 bits per heavy atom. The van der Waals surface area contributed by atoms with Crippen LogP contribution >= 0.6 is 46.1 Å². The van der Waals surface area contributed by atoms with Crippen LogP contribution in [0.1, 0.15) is 23.4 Å². The average molecular weight is 321 g/mol. The lowest BCUT2D eigenvalue weighted by molar-refractivity contribution is 0.579. The van der Waals surface area contributed by atoms with E-state index < -0.39 is 0 Å². The zero-order chi connectivity index (χ0) is 13.1. The third-order valence-corrected chi connectivity index (χ3v) is 4.43. The molecule has 1 N–H and O–H groups in total. The maximum atomic E-state index is 6.17. The van der Waals surface area contributed by atoms with E-state index in [0.29, 0.717) is 10.0 Å². The predicted octanol–water partition coefficient (Wildman–Crippen LogP) is 5.56. The molecule has 18 heavy (non-hydrogen) atoms. The van der Waals surface area contributed by atoms with Crippen LogP contribution in [0, 0.1) is 0 Å². The first-order valence-corrected chi connectivity index (χ1v) is 7.44. The Morgan fingerprint density at radius 3 is 2.56 bits per heavy atom. The molecule has 1 nitrogen and oxygen atoms in total. The molecule has 0 radical (unpaired) electrons. The molecule has 1 aromatic carbocycles. The molecule has 1 atom stereocenters. The zero-order valence-electron chi connectivity index (χ0n) is 9.71. The second-order valence-corrected chi connectivity index (χ2v) is 6.62. The van der Waals surface area contributed by atoms with E-state index in [9.17, 15) is 0 Å². The summed E-state index contributed by atoms with van der Waals surface area (Å²) in [6.45, 7) is 2.85. The van der Waals surface area contributed by atoms with Crippen LogP contribution in [0.25, 0.3) is 0 Å². The van der Waals surface area contributed by atoms with Crippen LogP contribution in [0.5, 0.6) is 0 Å². The van der Waals surface area contributed by atoms with Crippen LogP contribution in [0.2, 0.25) is 14.4 Å². The van der Waals surface area contributed by atoms with Crippen molar-refractivity contribution >= 4 is 46.1 Å². The van der Waals surface area contributed by atoms with Gasteiger partial charge in [0, 0.05) is 27.5 Å². The molecular formula is C13H12Cl3NS. The second-order valence-electron chi connectivity index (χ2n) is 3.97. The molecule has 0 amide bonds. The van der Waals surface area contributed by atoms with Gasteiger partial charge >= 0.3 is 0 Å². The smallest absolute Gasteiger partial charge is 0.0931 e. The van der Waals surface area contributed by atoms with Crippen molar-refractivity contribution in [3.63, 3.8) is 0 Å². The van der Waals surface area contributed by atoms with Gasteiger partial charge < -0.3 is 5.32 Å². The van der Waals surface area contributed by atoms with Gasteiger partial charge in [0.1, 0.15) is 0 Å². The Morgan fingerprint density at radius 1 is 1.17 bits per heavy atom. The lowest BCUT2D eigenvalue weighted by Gasteiger charge is -2.15. The van der Waals surface area contributed by atoms with E-state index in [0.717, 1.165) is 16.4 Å². The van der Waals surface area contributed by atoms with Crippen molar-refractivity contribution in [2.75, 3.05) is 0 Å². The van der Waals surface area contributed by atoms with Crippen molar-refractivity contribution in [2.24, 2.45) is 0 Å². The molecule has 0 aliphatic rings. The highest BCUT2D eigenvalue weighted by Crippen LogP contribution is 2.27. The maximum absolute atomic E-state index is 6.17. The summed E-state index contributed by atoms with van der Waals surface area (Å²) in [5.41, 5.74) is 1.05. The lowest BCUT2D eigenvalue weighted by atomic mass is 10.1. The Bertz CT molecular complexity index is 539. The molecule has 0 bridgehead atoms. The summed E-state index contributed by atoms with van der Waals surface area (Å²) in [7, 11) is 0. The van der Waals surface area contributed by atoms with Crippen molar-refractivity contribution in [1.82, 2.24) is 5.32 Å². The van der Waals surface area contributed by atoms with E-state index in [2.05, 4.69) is 12.2 Å². The molecular weight excluding hydrogens is 309 g/mol. The summed E-state index contributed by atoms with van der Waals surface area (Å²) in [5.74, 6) is 0. The highest BCUT2D eigenvalue weighted by molar-refractivity contribution is 7.16. The van der Waals surface area contributed by atoms with Crippen LogP contribution in [0.3, 0.4) is 0 Å². The zero-order valence-corrected chi connectivity index (χ0v) is 12.8. The van der Waals surface area contributed by atoms with Crippen LogP contribution in [0.4, 0.5) is 0 Å². The second kappa shape index (κ2) is 6.27. The van der Waals surface area contributed by atoms with E-state index in [1.165, 1.54) is 4.88 Å². The van der Waals surface area contributed by atoms with Crippen LogP contribution in [-0.4, -0.2) is 0 Å². The molecule has 1 unspecified atom stereocenters. The largest absolute Gasteiger partial charge is 0.305 e. The Balaban J connectivity index is 2.01. The normalized spacial score (nSPS) is 12.7. The summed E-state index contributed by atoms with van der Waals surface area (Å²) in [6.07, 6.45) is 0. The molecule has 2 aromatic rings. The number of rotatable bonds is 4. The first kappa shape index (κ1) is 14.2. The summed E-state index contributed by atoms with van der Waals surface area (Å²) in [4.78, 5) is 1.21. The molecule has 0 saturated heterocycles. The Hall–Kier alpha value is -0.250. The number of halogens is 3. The minimum atomic E-state index is 0.163. The molecule has 1 aromatic heterocycles. The Labute approximate surface area is 126 Å². The number of nitrogens with one attached hydrogen (secondary N) is 1. The van der Waals surface area contributed by atoms with Gasteiger partial charge in [-0.1, -0.05) is 40.9 Å². The van der Waals surface area contributed by atoms with Gasteiger partial charge in [0.2, 0.25) is 0 Å². The third kappa shape index (κ3) is 3.62. The van der Waals surface area contributed by atoms with E-state index in [4.69, 9.17) is 34.8 Å². The fraction of sp³-hybridized carbons (Fsp3) is 0.231. The molecule has 0 aliphatic heterocycles. The molecule has 1 heterocycles. The van der Waals surface area contributed by atoms with E-state index in [-0.39, 0.29) is 6.04 Å². The van der Waals surface area contributed by atoms with Gasteiger partial charge in [-0.2, -0.15) is 0 Å². The SMILES string of the molecule is CC(NCc1ccc(Cl)s1)c1ccc(Cl)cc1Cl. The van der Waals surface area contributed by atoms with Gasteiger partial charge in [0.25, 0.3) is 0 Å². The first-order valence-electron chi connectivity index (χ1n) is 5.49. The molecule has 0 spiro atoms. The van der Waals surface area contributed by atoms with Crippen LogP contribution < -0.4 is 5.32 Å². The minimum absolute atomic E-state index is 0.163. The lowest BCUT2D eigenvalue weighted by Crippen LogP contribution is -2.17. The summed E-state index contributed by atoms with van der Waals surface area (Å²) in [5, 5.41) is 4.75. The van der Waals surface area contributed by atoms with Gasteiger partial charge in [-0.3, -0.25) is 0 Å². The molecule has 0 saturated carbocycles. The topological polar surface area (TPSA) is 12.0 Å². The van der Waals surface area contributed by atoms with Crippen molar-refractivity contribution < 1.29 is 0 Å². The standard InChI is InChI=1S/C13H12Cl3NS/c1-8(11-4-2-9(14)6-12(11)15)17-7-10-3-5-13(16)18-10/h2-6,8,17H,7H2,1H3. The molecule has 5 heteroatoms. The maximum Gasteiger partial charge on any atom is 0.0931 e. The van der Waals surface area contributed by atoms with Crippen molar-refractivity contribution in [3.8, 4) is 0 Å². The number of thiophene rings is 1. The third-order valence-electron chi connectivity index (χ3n) is 2.64. The molecule has 2 rings (SSSR count). The summed E-state index contributed by atoms with van der Waals surface area (Å²) >= 11 is 19.5. The summed E-state index contributed by atoms with van der Waals surface area (Å²) < 4.78 is 0.809. The van der Waals surface area contributed by atoms with Crippen LogP contribution in [-0.2, 0) is 6.54 Å². The number of hydrogen-bond acceptors (Lipinski definition) is 2. The summed E-state index contributed by atoms with van der Waals surface area (Å²) in [6, 6.07) is 9.65. The average Bonchev–Trinajstić information content (AvgIpc) is 2.72. The first-order chi connectivity index (χ1) is 8.56.